The molecule has 0 aromatic heterocycles. The van der Waals surface area contributed by atoms with Crippen LogP contribution in [0.5, 0.6) is 0 Å². The van der Waals surface area contributed by atoms with Gasteiger partial charge in [-0.1, -0.05) is 29.8 Å². The molecule has 0 radical (unpaired) electrons. The number of benzene rings is 1. The lowest BCUT2D eigenvalue weighted by atomic mass is 9.77. The minimum absolute atomic E-state index is 0.123. The second kappa shape index (κ2) is 6.85. The first-order valence-corrected chi connectivity index (χ1v) is 9.02. The summed E-state index contributed by atoms with van der Waals surface area (Å²) in [6, 6.07) is 8.40. The number of nitrogens with zero attached hydrogens (tertiary/aromatic N) is 1. The van der Waals surface area contributed by atoms with E-state index in [2.05, 4.69) is 31.2 Å². The zero-order valence-corrected chi connectivity index (χ0v) is 14.9. The number of aliphatic hydroxyl groups excluding tert-OH is 1. The molecule has 1 atom stereocenters. The van der Waals surface area contributed by atoms with E-state index in [1.54, 1.807) is 7.11 Å². The molecule has 1 saturated heterocycles. The van der Waals surface area contributed by atoms with Gasteiger partial charge in [-0.25, -0.2) is 0 Å². The molecule has 1 saturated carbocycles. The van der Waals surface area contributed by atoms with Crippen LogP contribution in [0.25, 0.3) is 0 Å². The number of ether oxygens (including phenoxy) is 1. The van der Waals surface area contributed by atoms with Crippen molar-refractivity contribution in [2.45, 2.75) is 44.4 Å². The Hall–Kier alpha value is -1.39. The van der Waals surface area contributed by atoms with Crippen molar-refractivity contribution in [1.29, 1.82) is 0 Å². The van der Waals surface area contributed by atoms with Gasteiger partial charge in [-0.3, -0.25) is 4.79 Å². The maximum atomic E-state index is 13.3. The van der Waals surface area contributed by atoms with Crippen LogP contribution in [-0.2, 0) is 14.9 Å². The van der Waals surface area contributed by atoms with E-state index in [0.29, 0.717) is 13.2 Å². The smallest absolute Gasteiger partial charge is 0.233 e. The maximum absolute atomic E-state index is 13.3. The largest absolute Gasteiger partial charge is 0.396 e. The summed E-state index contributed by atoms with van der Waals surface area (Å²) in [6.45, 7) is 4.28. The summed E-state index contributed by atoms with van der Waals surface area (Å²) in [7, 11) is 1.69. The van der Waals surface area contributed by atoms with Crippen molar-refractivity contribution >= 4 is 5.91 Å². The summed E-state index contributed by atoms with van der Waals surface area (Å²) >= 11 is 0. The van der Waals surface area contributed by atoms with Crippen molar-refractivity contribution in [2.75, 3.05) is 33.4 Å². The van der Waals surface area contributed by atoms with Gasteiger partial charge in [-0.05, 0) is 44.6 Å². The Kier molecular flexibility index (Phi) is 4.97. The van der Waals surface area contributed by atoms with Gasteiger partial charge in [0, 0.05) is 32.2 Å². The summed E-state index contributed by atoms with van der Waals surface area (Å²) in [5.41, 5.74) is 1.86. The van der Waals surface area contributed by atoms with Crippen LogP contribution in [0.1, 0.15) is 43.2 Å². The molecule has 1 amide bonds. The normalized spacial score (nSPS) is 25.5. The number of hydrogen-bond donors (Lipinski definition) is 1. The fourth-order valence-corrected chi connectivity index (χ4v) is 4.04. The lowest BCUT2D eigenvalue weighted by Crippen LogP contribution is -2.51. The predicted molar refractivity (Wildman–Crippen MR) is 93.9 cm³/mol. The van der Waals surface area contributed by atoms with Crippen molar-refractivity contribution < 1.29 is 14.6 Å². The third-order valence-corrected chi connectivity index (χ3v) is 5.88. The van der Waals surface area contributed by atoms with E-state index in [9.17, 15) is 9.90 Å². The van der Waals surface area contributed by atoms with E-state index in [-0.39, 0.29) is 23.3 Å². The number of amides is 1. The van der Waals surface area contributed by atoms with Gasteiger partial charge < -0.3 is 14.7 Å². The van der Waals surface area contributed by atoms with E-state index in [1.807, 2.05) is 4.90 Å². The topological polar surface area (TPSA) is 49.8 Å². The van der Waals surface area contributed by atoms with Gasteiger partial charge in [-0.2, -0.15) is 0 Å². The van der Waals surface area contributed by atoms with Crippen molar-refractivity contribution in [2.24, 2.45) is 5.41 Å². The summed E-state index contributed by atoms with van der Waals surface area (Å²) < 4.78 is 5.21. The maximum Gasteiger partial charge on any atom is 0.233 e. The van der Waals surface area contributed by atoms with Gasteiger partial charge in [-0.15, -0.1) is 0 Å². The van der Waals surface area contributed by atoms with Crippen LogP contribution < -0.4 is 0 Å². The first kappa shape index (κ1) is 17.4. The summed E-state index contributed by atoms with van der Waals surface area (Å²) in [4.78, 5) is 15.3. The predicted octanol–water partition coefficient (Wildman–Crippen LogP) is 2.66. The number of hydrogen-bond acceptors (Lipinski definition) is 3. The Labute approximate surface area is 144 Å². The molecule has 4 heteroatoms. The van der Waals surface area contributed by atoms with Crippen molar-refractivity contribution in [3.8, 4) is 0 Å². The van der Waals surface area contributed by atoms with Crippen molar-refractivity contribution in [3.05, 3.63) is 35.4 Å². The third kappa shape index (κ3) is 3.22. The van der Waals surface area contributed by atoms with Crippen LogP contribution >= 0.6 is 0 Å². The molecular formula is C20H29NO3. The Morgan fingerprint density at radius 2 is 1.96 bits per heavy atom. The zero-order valence-electron chi connectivity index (χ0n) is 14.9. The van der Waals surface area contributed by atoms with Gasteiger partial charge >= 0.3 is 0 Å². The van der Waals surface area contributed by atoms with E-state index in [4.69, 9.17) is 4.74 Å². The highest BCUT2D eigenvalue weighted by atomic mass is 16.5. The second-order valence-corrected chi connectivity index (χ2v) is 7.68. The molecule has 1 heterocycles. The van der Waals surface area contributed by atoms with Crippen molar-refractivity contribution in [1.82, 2.24) is 4.90 Å². The Bertz CT molecular complexity index is 579. The Balaban J connectivity index is 1.75. The lowest BCUT2D eigenvalue weighted by Gasteiger charge is -2.43. The van der Waals surface area contributed by atoms with Crippen molar-refractivity contribution in [3.63, 3.8) is 0 Å². The molecule has 1 aliphatic carbocycles. The van der Waals surface area contributed by atoms with Crippen LogP contribution in [0.3, 0.4) is 0 Å². The number of piperidine rings is 1. The molecular weight excluding hydrogens is 302 g/mol. The molecule has 132 valence electrons. The van der Waals surface area contributed by atoms with Crippen LogP contribution in [0.4, 0.5) is 0 Å². The molecule has 1 aromatic rings. The van der Waals surface area contributed by atoms with E-state index >= 15 is 0 Å². The summed E-state index contributed by atoms with van der Waals surface area (Å²) in [6.07, 6.45) is 4.61. The van der Waals surface area contributed by atoms with E-state index < -0.39 is 0 Å². The fraction of sp³-hybridized carbons (Fsp3) is 0.650. The average Bonchev–Trinajstić information content (AvgIpc) is 3.42. The Morgan fingerprint density at radius 3 is 2.54 bits per heavy atom. The number of rotatable bonds is 6. The lowest BCUT2D eigenvalue weighted by molar-refractivity contribution is -0.138. The first-order valence-electron chi connectivity index (χ1n) is 9.02. The van der Waals surface area contributed by atoms with Crippen LogP contribution in [0, 0.1) is 12.3 Å². The number of methoxy groups -OCH3 is 1. The molecule has 0 bridgehead atoms. The summed E-state index contributed by atoms with van der Waals surface area (Å²) in [5.74, 6) is 0.251. The number of carbonyl (C=O) groups excluding carboxylic acids is 1. The fourth-order valence-electron chi connectivity index (χ4n) is 4.04. The monoisotopic (exact) mass is 331 g/mol. The van der Waals surface area contributed by atoms with Gasteiger partial charge in [0.05, 0.1) is 12.0 Å². The van der Waals surface area contributed by atoms with Gasteiger partial charge in [0.1, 0.15) is 0 Å². The second-order valence-electron chi connectivity index (χ2n) is 7.68. The molecule has 2 fully saturated rings. The van der Waals surface area contributed by atoms with Crippen LogP contribution in [-0.4, -0.2) is 49.3 Å². The zero-order chi connectivity index (χ0) is 17.2. The average molecular weight is 331 g/mol. The quantitative estimate of drug-likeness (QED) is 0.872. The molecule has 1 unspecified atom stereocenters. The molecule has 2 aliphatic rings. The highest BCUT2D eigenvalue weighted by Crippen LogP contribution is 2.50. The Morgan fingerprint density at radius 1 is 1.25 bits per heavy atom. The third-order valence-electron chi connectivity index (χ3n) is 5.88. The molecule has 1 aliphatic heterocycles. The number of aryl methyl sites for hydroxylation is 1. The molecule has 0 spiro atoms. The summed E-state index contributed by atoms with van der Waals surface area (Å²) in [5, 5.41) is 9.94. The number of likely N-dealkylation sites (tertiary alicyclic amines) is 1. The molecule has 1 aromatic carbocycles. The van der Waals surface area contributed by atoms with Crippen LogP contribution in [0.15, 0.2) is 24.3 Å². The highest BCUT2D eigenvalue weighted by molar-refractivity contribution is 5.91. The van der Waals surface area contributed by atoms with E-state index in [1.165, 1.54) is 5.56 Å². The molecule has 1 N–H and O–H groups in total. The molecule has 24 heavy (non-hydrogen) atoms. The minimum Gasteiger partial charge on any atom is -0.396 e. The number of aliphatic hydroxyl groups is 1. The molecule has 3 rings (SSSR count). The standard InChI is InChI=1S/C20H29NO3/c1-16-4-6-17(7-5-16)20(9-10-20)18(23)21-12-3-8-19(14-21,15-22)11-13-24-2/h4-7,22H,3,8-15H2,1-2H3. The number of carbonyl (C=O) groups is 1. The van der Waals surface area contributed by atoms with E-state index in [0.717, 1.165) is 44.2 Å². The highest BCUT2D eigenvalue weighted by Gasteiger charge is 2.54. The minimum atomic E-state index is -0.312. The van der Waals surface area contributed by atoms with Gasteiger partial charge in [0.25, 0.3) is 0 Å². The van der Waals surface area contributed by atoms with Gasteiger partial charge in [0.15, 0.2) is 0 Å². The first-order chi connectivity index (χ1) is 11.6. The molecule has 4 nitrogen and oxygen atoms in total. The van der Waals surface area contributed by atoms with Gasteiger partial charge in [0.2, 0.25) is 5.91 Å². The van der Waals surface area contributed by atoms with Crippen LogP contribution in [0.2, 0.25) is 0 Å². The SMILES string of the molecule is COCCC1(CO)CCCN(C(=O)C2(c3ccc(C)cc3)CC2)C1.